The Hall–Kier alpha value is -1.51. The van der Waals surface area contributed by atoms with Crippen LogP contribution in [0, 0.1) is 5.92 Å². The molecule has 0 radical (unpaired) electrons. The molecule has 1 aliphatic heterocycles. The number of unbranched alkanes of at least 4 members (excludes halogenated alkanes) is 3. The highest BCUT2D eigenvalue weighted by Gasteiger charge is 2.37. The molecular formula is C21H37N4O3S+. The molecule has 0 saturated heterocycles. The Balaban J connectivity index is 2.00. The van der Waals surface area contributed by atoms with Crippen molar-refractivity contribution in [1.82, 2.24) is 8.75 Å². The smallest absolute Gasteiger partial charge is 0.327 e. The van der Waals surface area contributed by atoms with E-state index >= 15 is 0 Å². The normalized spacial score (nSPS) is 21.6. The summed E-state index contributed by atoms with van der Waals surface area (Å²) >= 11 is 1.18. The maximum atomic E-state index is 12.3. The minimum atomic E-state index is -0.598. The Morgan fingerprint density at radius 1 is 1.28 bits per heavy atom. The van der Waals surface area contributed by atoms with Crippen molar-refractivity contribution in [2.45, 2.75) is 72.1 Å². The molecule has 0 amide bonds. The Morgan fingerprint density at radius 2 is 2.03 bits per heavy atom. The van der Waals surface area contributed by atoms with Gasteiger partial charge in [0.1, 0.15) is 18.3 Å². The Morgan fingerprint density at radius 3 is 2.72 bits per heavy atom. The number of aromatic nitrogens is 2. The maximum Gasteiger partial charge on any atom is 0.327 e. The highest BCUT2D eigenvalue weighted by molar-refractivity contribution is 6.99. The van der Waals surface area contributed by atoms with Crippen LogP contribution in [-0.4, -0.2) is 58.2 Å². The average Bonchev–Trinajstić information content (AvgIpc) is 3.15. The van der Waals surface area contributed by atoms with E-state index in [1.54, 1.807) is 0 Å². The fourth-order valence-electron chi connectivity index (χ4n) is 3.36. The number of hydrogen-bond acceptors (Lipinski definition) is 7. The number of quaternary nitrogens is 1. The molecule has 0 spiro atoms. The summed E-state index contributed by atoms with van der Waals surface area (Å²) < 4.78 is 21.1. The molecule has 8 heteroatoms. The molecular weight excluding hydrogens is 388 g/mol. The monoisotopic (exact) mass is 425 g/mol. The fraction of sp³-hybridized carbons (Fsp3) is 0.762. The van der Waals surface area contributed by atoms with Crippen LogP contribution in [0.25, 0.3) is 5.57 Å². The second-order valence-electron chi connectivity index (χ2n) is 8.51. The third-order valence-corrected chi connectivity index (χ3v) is 6.23. The van der Waals surface area contributed by atoms with E-state index in [0.29, 0.717) is 23.5 Å². The summed E-state index contributed by atoms with van der Waals surface area (Å²) in [4.78, 5) is 12.3. The number of hydrogen-bond donors (Lipinski definition) is 1. The van der Waals surface area contributed by atoms with E-state index < -0.39 is 6.04 Å². The summed E-state index contributed by atoms with van der Waals surface area (Å²) in [6.45, 7) is 10.3. The zero-order chi connectivity index (χ0) is 21.4. The van der Waals surface area contributed by atoms with Gasteiger partial charge >= 0.3 is 5.97 Å². The molecule has 164 valence electrons. The summed E-state index contributed by atoms with van der Waals surface area (Å²) in [5.41, 5.74) is 7.89. The van der Waals surface area contributed by atoms with E-state index in [2.05, 4.69) is 28.8 Å². The van der Waals surface area contributed by atoms with Gasteiger partial charge in [-0.2, -0.15) is 4.37 Å². The Labute approximate surface area is 179 Å². The van der Waals surface area contributed by atoms with Crippen molar-refractivity contribution < 1.29 is 18.8 Å². The zero-order valence-electron chi connectivity index (χ0n) is 18.5. The van der Waals surface area contributed by atoms with Crippen LogP contribution in [0.15, 0.2) is 6.08 Å². The van der Waals surface area contributed by atoms with Crippen molar-refractivity contribution in [3.63, 3.8) is 0 Å². The number of nitrogens with zero attached hydrogens (tertiary/aromatic N) is 3. The van der Waals surface area contributed by atoms with Gasteiger partial charge in [-0.25, -0.2) is 0 Å². The lowest BCUT2D eigenvalue weighted by Gasteiger charge is -2.41. The standard InChI is InChI=1S/C21H37N4O3S/c1-6-7-8-9-13-27-20-19(23-29-24-20)17-11-10-12-25(5,14-17)16(4)28-21(26)18(22)15(2)3/h11,15-16,18H,6-10,12-14,22H2,1-5H3/q+1/t16-,18+,25?/m1/s1. The third-order valence-electron chi connectivity index (χ3n) is 5.72. The number of nitrogens with two attached hydrogens (primary N) is 1. The van der Waals surface area contributed by atoms with Gasteiger partial charge in [-0.05, 0) is 12.3 Å². The van der Waals surface area contributed by atoms with E-state index in [1.165, 1.54) is 31.0 Å². The van der Waals surface area contributed by atoms with Gasteiger partial charge in [0.15, 0.2) is 0 Å². The van der Waals surface area contributed by atoms with Crippen LogP contribution in [0.1, 0.15) is 65.5 Å². The van der Waals surface area contributed by atoms with Gasteiger partial charge < -0.3 is 15.2 Å². The first-order chi connectivity index (χ1) is 13.8. The molecule has 2 heterocycles. The van der Waals surface area contributed by atoms with Crippen LogP contribution in [-0.2, 0) is 9.53 Å². The van der Waals surface area contributed by atoms with Crippen LogP contribution in [0.4, 0.5) is 0 Å². The molecule has 7 nitrogen and oxygen atoms in total. The molecule has 0 aromatic carbocycles. The summed E-state index contributed by atoms with van der Waals surface area (Å²) in [7, 11) is 2.11. The molecule has 0 saturated carbocycles. The predicted octanol–water partition coefficient (Wildman–Crippen LogP) is 3.60. The van der Waals surface area contributed by atoms with Crippen molar-refractivity contribution >= 4 is 23.3 Å². The molecule has 2 N–H and O–H groups in total. The van der Waals surface area contributed by atoms with Crippen LogP contribution in [0.3, 0.4) is 0 Å². The second-order valence-corrected chi connectivity index (χ2v) is 9.04. The van der Waals surface area contributed by atoms with Crippen LogP contribution >= 0.6 is 11.7 Å². The minimum Gasteiger partial charge on any atom is -0.475 e. The van der Waals surface area contributed by atoms with E-state index in [4.69, 9.17) is 15.2 Å². The quantitative estimate of drug-likeness (QED) is 0.331. The van der Waals surface area contributed by atoms with Gasteiger partial charge in [-0.3, -0.25) is 9.28 Å². The van der Waals surface area contributed by atoms with E-state index in [1.807, 2.05) is 20.8 Å². The van der Waals surface area contributed by atoms with Gasteiger partial charge in [0, 0.05) is 18.9 Å². The Bertz CT molecular complexity index is 691. The van der Waals surface area contributed by atoms with Gasteiger partial charge in [0.05, 0.1) is 31.9 Å². The topological polar surface area (TPSA) is 87.3 Å². The number of carbonyl (C=O) groups is 1. The first-order valence-corrected chi connectivity index (χ1v) is 11.5. The zero-order valence-corrected chi connectivity index (χ0v) is 19.3. The summed E-state index contributed by atoms with van der Waals surface area (Å²) in [6.07, 6.45) is 7.43. The molecule has 0 bridgehead atoms. The molecule has 29 heavy (non-hydrogen) atoms. The van der Waals surface area contributed by atoms with Crippen molar-refractivity contribution in [3.8, 4) is 5.88 Å². The summed E-state index contributed by atoms with van der Waals surface area (Å²) in [6, 6.07) is -0.598. The Kier molecular flexibility index (Phi) is 9.04. The van der Waals surface area contributed by atoms with E-state index in [9.17, 15) is 4.79 Å². The molecule has 3 atom stereocenters. The number of likely N-dealkylation sites (N-methyl/N-ethyl adjacent to an activating group) is 1. The first-order valence-electron chi connectivity index (χ1n) is 10.7. The predicted molar refractivity (Wildman–Crippen MR) is 116 cm³/mol. The van der Waals surface area contributed by atoms with Gasteiger partial charge in [-0.15, -0.1) is 4.37 Å². The molecule has 2 rings (SSSR count). The lowest BCUT2D eigenvalue weighted by molar-refractivity contribution is -0.944. The van der Waals surface area contributed by atoms with Crippen LogP contribution in [0.2, 0.25) is 0 Å². The van der Waals surface area contributed by atoms with Crippen molar-refractivity contribution in [1.29, 1.82) is 0 Å². The van der Waals surface area contributed by atoms with Gasteiger partial charge in [0.25, 0.3) is 5.88 Å². The fourth-order valence-corrected chi connectivity index (χ4v) is 3.89. The molecule has 1 aromatic rings. The van der Waals surface area contributed by atoms with E-state index in [-0.39, 0.29) is 18.1 Å². The lowest BCUT2D eigenvalue weighted by Crippen LogP contribution is -2.56. The second kappa shape index (κ2) is 11.0. The lowest BCUT2D eigenvalue weighted by atomic mass is 10.0. The summed E-state index contributed by atoms with van der Waals surface area (Å²) in [5.74, 6) is 0.335. The SMILES string of the molecule is CCCCCCOc1nsnc1C1=CCC[N+](C)([C@@H](C)OC(=O)[C@@H](N)C(C)C)C1. The highest BCUT2D eigenvalue weighted by atomic mass is 32.1. The summed E-state index contributed by atoms with van der Waals surface area (Å²) in [5, 5.41) is 0. The molecule has 1 aliphatic rings. The molecule has 0 aliphatic carbocycles. The van der Waals surface area contributed by atoms with E-state index in [0.717, 1.165) is 30.7 Å². The molecule has 1 aromatic heterocycles. The van der Waals surface area contributed by atoms with Crippen molar-refractivity contribution in [2.75, 3.05) is 26.7 Å². The average molecular weight is 426 g/mol. The van der Waals surface area contributed by atoms with Crippen molar-refractivity contribution in [3.05, 3.63) is 11.8 Å². The number of carbonyl (C=O) groups excluding carboxylic acids is 1. The number of ether oxygens (including phenoxy) is 2. The molecule has 1 unspecified atom stereocenters. The third kappa shape index (κ3) is 6.49. The maximum absolute atomic E-state index is 12.3. The van der Waals surface area contributed by atoms with Crippen LogP contribution < -0.4 is 10.5 Å². The van der Waals surface area contributed by atoms with Gasteiger partial charge in [0.2, 0.25) is 6.23 Å². The molecule has 0 fully saturated rings. The van der Waals surface area contributed by atoms with Crippen LogP contribution in [0.5, 0.6) is 5.88 Å². The minimum absolute atomic E-state index is 0.0509. The first kappa shape index (κ1) is 23.8. The highest BCUT2D eigenvalue weighted by Crippen LogP contribution is 2.31. The number of esters is 1. The largest absolute Gasteiger partial charge is 0.475 e. The number of rotatable bonds is 11. The van der Waals surface area contributed by atoms with Gasteiger partial charge in [-0.1, -0.05) is 46.1 Å². The van der Waals surface area contributed by atoms with Crippen molar-refractivity contribution in [2.24, 2.45) is 11.7 Å².